The summed E-state index contributed by atoms with van der Waals surface area (Å²) >= 11 is 0. The summed E-state index contributed by atoms with van der Waals surface area (Å²) in [5, 5.41) is 4.25. The summed E-state index contributed by atoms with van der Waals surface area (Å²) < 4.78 is 0. The molecule has 1 saturated heterocycles. The van der Waals surface area contributed by atoms with Crippen molar-refractivity contribution in [2.45, 2.75) is 27.1 Å². The molecule has 7 heteroatoms. The second kappa shape index (κ2) is 9.29. The highest BCUT2D eigenvalue weighted by atomic mass is 16.1. The van der Waals surface area contributed by atoms with Crippen molar-refractivity contribution in [1.82, 2.24) is 15.2 Å². The molecule has 1 unspecified atom stereocenters. The zero-order chi connectivity index (χ0) is 18.2. The molecule has 1 atom stereocenters. The third kappa shape index (κ3) is 5.37. The maximum absolute atomic E-state index is 11.0. The van der Waals surface area contributed by atoms with E-state index < -0.39 is 0 Å². The first-order valence-corrected chi connectivity index (χ1v) is 8.80. The number of carbonyl (C=O) groups is 1. The Bertz CT molecular complexity index is 623. The second-order valence-electron chi connectivity index (χ2n) is 5.92. The summed E-state index contributed by atoms with van der Waals surface area (Å²) in [5.41, 5.74) is 11.5. The molecule has 0 aliphatic carbocycles. The van der Waals surface area contributed by atoms with Crippen molar-refractivity contribution >= 4 is 17.8 Å². The molecule has 1 amide bonds. The van der Waals surface area contributed by atoms with E-state index in [4.69, 9.17) is 10.7 Å². The predicted molar refractivity (Wildman–Crippen MR) is 104 cm³/mol. The minimum absolute atomic E-state index is 0. The van der Waals surface area contributed by atoms with E-state index >= 15 is 0 Å². The highest BCUT2D eigenvalue weighted by Crippen LogP contribution is 2.11. The van der Waals surface area contributed by atoms with Gasteiger partial charge in [0.2, 0.25) is 5.91 Å². The maximum atomic E-state index is 11.0. The molecule has 0 radical (unpaired) electrons. The number of aliphatic imine (C=N–C) groups is 1. The Balaban J connectivity index is 0.00000109. The summed E-state index contributed by atoms with van der Waals surface area (Å²) in [6.45, 7) is 9.65. The number of nitrogens with zero attached hydrogens (tertiary/aromatic N) is 4. The number of hydrogen-bond acceptors (Lipinski definition) is 6. The standard InChI is InChI=1S/C16H22N6O.C2H6.H2/c1-12-2-4-13(5-3-12)14-10-18-20-16(19-14)22-8-6-21(7-9-22)11-15(17)23;1-2;/h2-5,10,16,20H,6-9,11H2,1H3,(H2,17,23);1-2H3;1H. The van der Waals surface area contributed by atoms with Crippen molar-refractivity contribution in [2.75, 3.05) is 32.7 Å². The Hall–Kier alpha value is -2.25. The van der Waals surface area contributed by atoms with Crippen LogP contribution >= 0.6 is 0 Å². The minimum Gasteiger partial charge on any atom is -0.369 e. The average Bonchev–Trinajstić information content (AvgIpc) is 2.64. The van der Waals surface area contributed by atoms with Crippen molar-refractivity contribution in [2.24, 2.45) is 15.8 Å². The quantitative estimate of drug-likeness (QED) is 0.853. The highest BCUT2D eigenvalue weighted by molar-refractivity contribution is 6.38. The Morgan fingerprint density at radius 2 is 1.88 bits per heavy atom. The van der Waals surface area contributed by atoms with E-state index in [1.165, 1.54) is 5.56 Å². The second-order valence-corrected chi connectivity index (χ2v) is 5.92. The number of carbonyl (C=O) groups excluding carboxylic acids is 1. The van der Waals surface area contributed by atoms with Gasteiger partial charge in [-0.25, -0.2) is 4.99 Å². The lowest BCUT2D eigenvalue weighted by atomic mass is 10.1. The van der Waals surface area contributed by atoms with Crippen LogP contribution in [0.25, 0.3) is 0 Å². The van der Waals surface area contributed by atoms with Crippen LogP contribution in [0.2, 0.25) is 0 Å². The molecule has 2 aliphatic heterocycles. The number of primary amides is 1. The van der Waals surface area contributed by atoms with E-state index in [1.54, 1.807) is 6.21 Å². The Kier molecular flexibility index (Phi) is 7.09. The first-order chi connectivity index (χ1) is 12.1. The topological polar surface area (TPSA) is 86.3 Å². The van der Waals surface area contributed by atoms with Crippen LogP contribution in [0.3, 0.4) is 0 Å². The summed E-state index contributed by atoms with van der Waals surface area (Å²) in [7, 11) is 0. The molecule has 0 bridgehead atoms. The third-order valence-corrected chi connectivity index (χ3v) is 4.12. The van der Waals surface area contributed by atoms with E-state index in [-0.39, 0.29) is 13.6 Å². The number of benzene rings is 1. The Morgan fingerprint density at radius 3 is 2.48 bits per heavy atom. The third-order valence-electron chi connectivity index (χ3n) is 4.12. The molecule has 0 aromatic heterocycles. The fourth-order valence-electron chi connectivity index (χ4n) is 2.78. The summed E-state index contributed by atoms with van der Waals surface area (Å²) in [4.78, 5) is 20.0. The number of piperazine rings is 1. The van der Waals surface area contributed by atoms with Crippen LogP contribution in [-0.2, 0) is 4.79 Å². The SMILES string of the molecule is CC.Cc1ccc(C2=NC(N3CCN(CC(N)=O)CC3)NN=C2)cc1.[HH]. The average molecular weight is 346 g/mol. The van der Waals surface area contributed by atoms with Crippen LogP contribution < -0.4 is 11.2 Å². The van der Waals surface area contributed by atoms with Gasteiger partial charge in [0.1, 0.15) is 0 Å². The van der Waals surface area contributed by atoms with Gasteiger partial charge in [0.15, 0.2) is 6.29 Å². The van der Waals surface area contributed by atoms with E-state index in [9.17, 15) is 4.79 Å². The molecule has 3 N–H and O–H groups in total. The molecular weight excluding hydrogens is 316 g/mol. The fourth-order valence-corrected chi connectivity index (χ4v) is 2.78. The molecule has 1 aromatic rings. The van der Waals surface area contributed by atoms with Gasteiger partial charge in [-0.05, 0) is 6.92 Å². The van der Waals surface area contributed by atoms with Gasteiger partial charge in [0, 0.05) is 33.2 Å². The lowest BCUT2D eigenvalue weighted by Gasteiger charge is -2.37. The molecule has 0 saturated carbocycles. The number of hydrazone groups is 1. The number of hydrogen-bond donors (Lipinski definition) is 2. The molecule has 2 aliphatic rings. The molecule has 3 rings (SSSR count). The molecule has 25 heavy (non-hydrogen) atoms. The van der Waals surface area contributed by atoms with Gasteiger partial charge in [-0.3, -0.25) is 20.0 Å². The summed E-state index contributed by atoms with van der Waals surface area (Å²) in [5.74, 6) is -0.279. The largest absolute Gasteiger partial charge is 0.369 e. The number of aryl methyl sites for hydroxylation is 1. The van der Waals surface area contributed by atoms with E-state index in [0.29, 0.717) is 6.54 Å². The first kappa shape index (κ1) is 19.1. The van der Waals surface area contributed by atoms with Gasteiger partial charge in [-0.15, -0.1) is 0 Å². The van der Waals surface area contributed by atoms with Crippen molar-refractivity contribution in [3.05, 3.63) is 35.4 Å². The zero-order valence-electron chi connectivity index (χ0n) is 15.3. The van der Waals surface area contributed by atoms with Crippen molar-refractivity contribution < 1.29 is 6.22 Å². The van der Waals surface area contributed by atoms with Crippen LogP contribution in [0.4, 0.5) is 0 Å². The van der Waals surface area contributed by atoms with Gasteiger partial charge in [0.05, 0.1) is 18.5 Å². The van der Waals surface area contributed by atoms with Crippen LogP contribution in [-0.4, -0.2) is 66.6 Å². The molecular formula is C18H30N6O. The van der Waals surface area contributed by atoms with Gasteiger partial charge in [-0.2, -0.15) is 5.10 Å². The van der Waals surface area contributed by atoms with Gasteiger partial charge < -0.3 is 5.73 Å². The smallest absolute Gasteiger partial charge is 0.231 e. The predicted octanol–water partition coefficient (Wildman–Crippen LogP) is 1.03. The number of nitrogens with two attached hydrogens (primary N) is 1. The normalized spacial score (nSPS) is 20.9. The lowest BCUT2D eigenvalue weighted by molar-refractivity contribution is -0.119. The molecule has 1 aromatic carbocycles. The van der Waals surface area contributed by atoms with Crippen LogP contribution in [0.15, 0.2) is 34.4 Å². The molecule has 2 heterocycles. The molecule has 138 valence electrons. The van der Waals surface area contributed by atoms with Gasteiger partial charge in [-0.1, -0.05) is 43.7 Å². The van der Waals surface area contributed by atoms with Crippen LogP contribution in [0.1, 0.15) is 26.4 Å². The fraction of sp³-hybridized carbons (Fsp3) is 0.500. The number of nitrogens with one attached hydrogen (secondary N) is 1. The van der Waals surface area contributed by atoms with E-state index in [0.717, 1.165) is 37.5 Å². The van der Waals surface area contributed by atoms with Gasteiger partial charge in [0.25, 0.3) is 0 Å². The lowest BCUT2D eigenvalue weighted by Crippen LogP contribution is -2.55. The highest BCUT2D eigenvalue weighted by Gasteiger charge is 2.25. The van der Waals surface area contributed by atoms with E-state index in [2.05, 4.69) is 51.5 Å². The van der Waals surface area contributed by atoms with Crippen LogP contribution in [0.5, 0.6) is 0 Å². The van der Waals surface area contributed by atoms with Gasteiger partial charge >= 0.3 is 0 Å². The monoisotopic (exact) mass is 346 g/mol. The van der Waals surface area contributed by atoms with Crippen molar-refractivity contribution in [3.63, 3.8) is 0 Å². The number of amides is 1. The molecule has 7 nitrogen and oxygen atoms in total. The van der Waals surface area contributed by atoms with Crippen LogP contribution in [0, 0.1) is 6.92 Å². The maximum Gasteiger partial charge on any atom is 0.231 e. The summed E-state index contributed by atoms with van der Waals surface area (Å²) in [6.07, 6.45) is 1.59. The Morgan fingerprint density at radius 1 is 1.24 bits per heavy atom. The minimum atomic E-state index is -0.279. The Labute approximate surface area is 151 Å². The summed E-state index contributed by atoms with van der Waals surface area (Å²) in [6, 6.07) is 8.28. The number of rotatable bonds is 4. The van der Waals surface area contributed by atoms with E-state index in [1.807, 2.05) is 13.8 Å². The molecule has 0 spiro atoms. The van der Waals surface area contributed by atoms with Crippen molar-refractivity contribution in [1.29, 1.82) is 0 Å². The van der Waals surface area contributed by atoms with Crippen molar-refractivity contribution in [3.8, 4) is 0 Å². The molecule has 1 fully saturated rings. The first-order valence-electron chi connectivity index (χ1n) is 8.80. The zero-order valence-corrected chi connectivity index (χ0v) is 15.3.